The first-order valence-electron chi connectivity index (χ1n) is 7.55. The van der Waals surface area contributed by atoms with Gasteiger partial charge in [0.15, 0.2) is 0 Å². The first-order chi connectivity index (χ1) is 9.78. The molecule has 2 heteroatoms. The van der Waals surface area contributed by atoms with Crippen LogP contribution in [0.2, 0.25) is 0 Å². The van der Waals surface area contributed by atoms with Crippen LogP contribution >= 0.6 is 0 Å². The van der Waals surface area contributed by atoms with Gasteiger partial charge < -0.3 is 5.32 Å². The Labute approximate surface area is 121 Å². The van der Waals surface area contributed by atoms with Gasteiger partial charge in [-0.25, -0.2) is 0 Å². The zero-order valence-corrected chi connectivity index (χ0v) is 12.3. The number of nitrogens with zero attached hydrogens (tertiary/aromatic N) is 1. The molecule has 1 aliphatic rings. The highest BCUT2D eigenvalue weighted by atomic mass is 14.9. The van der Waals surface area contributed by atoms with E-state index in [0.717, 1.165) is 12.2 Å². The van der Waals surface area contributed by atoms with Crippen LogP contribution in [0.15, 0.2) is 36.5 Å². The number of pyridine rings is 1. The van der Waals surface area contributed by atoms with Gasteiger partial charge in [0.25, 0.3) is 0 Å². The number of rotatable bonds is 4. The number of aryl methyl sites for hydroxylation is 3. The third kappa shape index (κ3) is 2.61. The van der Waals surface area contributed by atoms with Crippen LogP contribution in [0.1, 0.15) is 47.3 Å². The maximum atomic E-state index is 4.44. The van der Waals surface area contributed by atoms with Crippen LogP contribution < -0.4 is 5.32 Å². The highest BCUT2D eigenvalue weighted by molar-refractivity contribution is 5.39. The van der Waals surface area contributed by atoms with Crippen molar-refractivity contribution < 1.29 is 0 Å². The number of benzene rings is 1. The van der Waals surface area contributed by atoms with Gasteiger partial charge in [-0.2, -0.15) is 0 Å². The van der Waals surface area contributed by atoms with Crippen LogP contribution in [0.3, 0.4) is 0 Å². The average Bonchev–Trinajstić information content (AvgIpc) is 2.93. The highest BCUT2D eigenvalue weighted by Crippen LogP contribution is 2.28. The Balaban J connectivity index is 1.95. The maximum absolute atomic E-state index is 4.44. The van der Waals surface area contributed by atoms with Crippen molar-refractivity contribution in [2.75, 3.05) is 6.54 Å². The Morgan fingerprint density at radius 3 is 2.65 bits per heavy atom. The van der Waals surface area contributed by atoms with Crippen molar-refractivity contribution >= 4 is 0 Å². The minimum atomic E-state index is 0.249. The Bertz CT molecular complexity index is 587. The van der Waals surface area contributed by atoms with Crippen LogP contribution in [0.25, 0.3) is 0 Å². The summed E-state index contributed by atoms with van der Waals surface area (Å²) in [6.45, 7) is 5.14. The van der Waals surface area contributed by atoms with E-state index in [9.17, 15) is 0 Å². The first-order valence-corrected chi connectivity index (χ1v) is 7.55. The summed E-state index contributed by atoms with van der Waals surface area (Å²) in [6, 6.07) is 11.5. The molecule has 20 heavy (non-hydrogen) atoms. The average molecular weight is 266 g/mol. The molecule has 104 valence electrons. The lowest BCUT2D eigenvalue weighted by Crippen LogP contribution is -2.22. The third-order valence-electron chi connectivity index (χ3n) is 4.13. The van der Waals surface area contributed by atoms with E-state index in [2.05, 4.69) is 47.6 Å². The normalized spacial score (nSPS) is 15.1. The minimum Gasteiger partial charge on any atom is -0.306 e. The highest BCUT2D eigenvalue weighted by Gasteiger charge is 2.17. The molecular formula is C18H22N2. The number of fused-ring (bicyclic) bond motifs is 1. The molecule has 1 atom stereocenters. The van der Waals surface area contributed by atoms with E-state index < -0.39 is 0 Å². The van der Waals surface area contributed by atoms with Gasteiger partial charge in [-0.1, -0.05) is 31.2 Å². The van der Waals surface area contributed by atoms with Crippen molar-refractivity contribution in [3.63, 3.8) is 0 Å². The Morgan fingerprint density at radius 2 is 1.90 bits per heavy atom. The second kappa shape index (κ2) is 5.76. The fraction of sp³-hybridized carbons (Fsp3) is 0.389. The number of aromatic nitrogens is 1. The maximum Gasteiger partial charge on any atom is 0.0591 e. The zero-order chi connectivity index (χ0) is 13.9. The lowest BCUT2D eigenvalue weighted by atomic mass is 9.96. The fourth-order valence-corrected chi connectivity index (χ4v) is 3.05. The van der Waals surface area contributed by atoms with Gasteiger partial charge in [0.1, 0.15) is 0 Å². The van der Waals surface area contributed by atoms with Crippen molar-refractivity contribution in [1.82, 2.24) is 10.3 Å². The smallest absolute Gasteiger partial charge is 0.0591 e. The van der Waals surface area contributed by atoms with E-state index in [0.29, 0.717) is 0 Å². The van der Waals surface area contributed by atoms with Crippen LogP contribution in [0.5, 0.6) is 0 Å². The molecule has 1 aliphatic carbocycles. The molecule has 0 radical (unpaired) electrons. The summed E-state index contributed by atoms with van der Waals surface area (Å²) < 4.78 is 0. The van der Waals surface area contributed by atoms with Crippen molar-refractivity contribution in [2.45, 2.75) is 39.2 Å². The molecule has 2 aromatic rings. The molecule has 0 saturated carbocycles. The molecule has 1 aromatic carbocycles. The molecule has 1 unspecified atom stereocenters. The summed E-state index contributed by atoms with van der Waals surface area (Å²) >= 11 is 0. The molecule has 3 rings (SSSR count). The van der Waals surface area contributed by atoms with Gasteiger partial charge >= 0.3 is 0 Å². The van der Waals surface area contributed by atoms with Gasteiger partial charge in [-0.3, -0.25) is 4.98 Å². The van der Waals surface area contributed by atoms with Crippen LogP contribution in [-0.4, -0.2) is 11.5 Å². The third-order valence-corrected chi connectivity index (χ3v) is 4.13. The lowest BCUT2D eigenvalue weighted by Gasteiger charge is -2.19. The molecule has 1 aromatic heterocycles. The lowest BCUT2D eigenvalue weighted by molar-refractivity contribution is 0.627. The largest absolute Gasteiger partial charge is 0.306 e. The van der Waals surface area contributed by atoms with Gasteiger partial charge in [0, 0.05) is 11.9 Å². The van der Waals surface area contributed by atoms with Crippen molar-refractivity contribution in [3.05, 3.63) is 64.5 Å². The summed E-state index contributed by atoms with van der Waals surface area (Å²) in [5, 5.41) is 3.59. The van der Waals surface area contributed by atoms with Crippen molar-refractivity contribution in [2.24, 2.45) is 0 Å². The summed E-state index contributed by atoms with van der Waals surface area (Å²) in [5.41, 5.74) is 6.74. The second-order valence-electron chi connectivity index (χ2n) is 5.61. The Morgan fingerprint density at radius 1 is 1.10 bits per heavy atom. The van der Waals surface area contributed by atoms with Gasteiger partial charge in [0.2, 0.25) is 0 Å². The summed E-state index contributed by atoms with van der Waals surface area (Å²) in [7, 11) is 0. The van der Waals surface area contributed by atoms with Crippen molar-refractivity contribution in [3.8, 4) is 0 Å². The summed E-state index contributed by atoms with van der Waals surface area (Å²) in [6.07, 6.45) is 5.77. The monoisotopic (exact) mass is 266 g/mol. The summed E-state index contributed by atoms with van der Waals surface area (Å²) in [5.74, 6) is 0. The predicted octanol–water partition coefficient (Wildman–Crippen LogP) is 3.58. The van der Waals surface area contributed by atoms with E-state index in [-0.39, 0.29) is 6.04 Å². The Kier molecular flexibility index (Phi) is 3.83. The van der Waals surface area contributed by atoms with Gasteiger partial charge in [-0.15, -0.1) is 0 Å². The van der Waals surface area contributed by atoms with E-state index in [1.54, 1.807) is 0 Å². The second-order valence-corrected chi connectivity index (χ2v) is 5.61. The molecule has 0 amide bonds. The molecule has 1 heterocycles. The van der Waals surface area contributed by atoms with Crippen molar-refractivity contribution in [1.29, 1.82) is 0 Å². The van der Waals surface area contributed by atoms with Gasteiger partial charge in [0.05, 0.1) is 6.04 Å². The predicted molar refractivity (Wildman–Crippen MR) is 83.0 cm³/mol. The van der Waals surface area contributed by atoms with Crippen LogP contribution in [-0.2, 0) is 12.8 Å². The quantitative estimate of drug-likeness (QED) is 0.915. The molecular weight excluding hydrogens is 244 g/mol. The van der Waals surface area contributed by atoms with E-state index in [1.807, 2.05) is 13.1 Å². The molecule has 0 fully saturated rings. The minimum absolute atomic E-state index is 0.249. The molecule has 2 nitrogen and oxygen atoms in total. The standard InChI is InChI=1S/C18H22N2/c1-3-19-18(17-8-7-13(2)20-12-17)16-10-9-14-5-4-6-15(14)11-16/h7-12,18-19H,3-6H2,1-2H3. The Hall–Kier alpha value is -1.67. The molecule has 0 bridgehead atoms. The molecule has 0 aliphatic heterocycles. The molecule has 0 spiro atoms. The van der Waals surface area contributed by atoms with E-state index in [4.69, 9.17) is 0 Å². The zero-order valence-electron chi connectivity index (χ0n) is 12.3. The number of nitrogens with one attached hydrogen (secondary N) is 1. The topological polar surface area (TPSA) is 24.9 Å². The van der Waals surface area contributed by atoms with Crippen LogP contribution in [0, 0.1) is 6.92 Å². The van der Waals surface area contributed by atoms with E-state index >= 15 is 0 Å². The number of hydrogen-bond acceptors (Lipinski definition) is 2. The van der Waals surface area contributed by atoms with Gasteiger partial charge in [-0.05, 0) is 61.1 Å². The summed E-state index contributed by atoms with van der Waals surface area (Å²) in [4.78, 5) is 4.44. The van der Waals surface area contributed by atoms with E-state index in [1.165, 1.54) is 41.5 Å². The fourth-order valence-electron chi connectivity index (χ4n) is 3.05. The molecule has 0 saturated heterocycles. The SMILES string of the molecule is CCNC(c1ccc(C)nc1)c1ccc2c(c1)CCC2. The molecule has 1 N–H and O–H groups in total. The van der Waals surface area contributed by atoms with Crippen LogP contribution in [0.4, 0.5) is 0 Å². The first kappa shape index (κ1) is 13.3. The number of hydrogen-bond donors (Lipinski definition) is 1.